The summed E-state index contributed by atoms with van der Waals surface area (Å²) in [7, 11) is 0. The molecule has 8 heteroatoms. The first-order chi connectivity index (χ1) is 13.4. The molecule has 0 spiro atoms. The van der Waals surface area contributed by atoms with Gasteiger partial charge in [-0.1, -0.05) is 0 Å². The smallest absolute Gasteiger partial charge is 0.416 e. The van der Waals surface area contributed by atoms with Gasteiger partial charge in [-0.25, -0.2) is 0 Å². The van der Waals surface area contributed by atoms with Gasteiger partial charge in [0, 0.05) is 22.7 Å². The Balaban J connectivity index is 1.83. The molecule has 1 aromatic carbocycles. The summed E-state index contributed by atoms with van der Waals surface area (Å²) in [5.41, 5.74) is 1.93. The molecule has 154 valence electrons. The predicted molar refractivity (Wildman–Crippen MR) is 103 cm³/mol. The van der Waals surface area contributed by atoms with E-state index < -0.39 is 23.1 Å². The molecule has 0 saturated heterocycles. The SMILES string of the molecule is Cc1cc(C(F)(F)F)cc(O)c1-c1cc2c(C)c(C)n(C3CC(C)(O)C3)c2nn1. The number of aryl methyl sites for hydroxylation is 2. The van der Waals surface area contributed by atoms with Crippen LogP contribution < -0.4 is 0 Å². The molecule has 1 aliphatic rings. The lowest BCUT2D eigenvalue weighted by atomic mass is 9.77. The van der Waals surface area contributed by atoms with Crippen molar-refractivity contribution in [2.24, 2.45) is 0 Å². The molecule has 0 aliphatic heterocycles. The van der Waals surface area contributed by atoms with Gasteiger partial charge >= 0.3 is 6.18 Å². The normalized spacial score (nSPS) is 22.1. The van der Waals surface area contributed by atoms with E-state index >= 15 is 0 Å². The van der Waals surface area contributed by atoms with Crippen molar-refractivity contribution in [1.29, 1.82) is 0 Å². The maximum Gasteiger partial charge on any atom is 0.416 e. The Morgan fingerprint density at radius 2 is 1.76 bits per heavy atom. The molecule has 2 aromatic heterocycles. The highest BCUT2D eigenvalue weighted by Gasteiger charge is 2.41. The number of alkyl halides is 3. The molecule has 2 heterocycles. The minimum atomic E-state index is -4.54. The van der Waals surface area contributed by atoms with E-state index in [-0.39, 0.29) is 17.2 Å². The van der Waals surface area contributed by atoms with E-state index in [2.05, 4.69) is 14.8 Å². The average molecular weight is 405 g/mol. The lowest BCUT2D eigenvalue weighted by Gasteiger charge is -2.42. The molecule has 0 radical (unpaired) electrons. The van der Waals surface area contributed by atoms with Crippen LogP contribution in [0.4, 0.5) is 13.2 Å². The number of phenolic OH excluding ortho intramolecular Hbond substituents is 1. The van der Waals surface area contributed by atoms with Gasteiger partial charge in [0.2, 0.25) is 0 Å². The third-order valence-electron chi connectivity index (χ3n) is 5.92. The fourth-order valence-electron chi connectivity index (χ4n) is 4.35. The molecule has 2 N–H and O–H groups in total. The van der Waals surface area contributed by atoms with E-state index in [1.165, 1.54) is 6.92 Å². The quantitative estimate of drug-likeness (QED) is 0.640. The van der Waals surface area contributed by atoms with Crippen LogP contribution in [0.3, 0.4) is 0 Å². The van der Waals surface area contributed by atoms with Crippen LogP contribution in [0.5, 0.6) is 5.75 Å². The van der Waals surface area contributed by atoms with Gasteiger partial charge in [-0.15, -0.1) is 10.2 Å². The number of halogens is 3. The van der Waals surface area contributed by atoms with Gasteiger partial charge in [-0.3, -0.25) is 0 Å². The molecule has 5 nitrogen and oxygen atoms in total. The van der Waals surface area contributed by atoms with Crippen molar-refractivity contribution in [1.82, 2.24) is 14.8 Å². The average Bonchev–Trinajstić information content (AvgIpc) is 2.82. The van der Waals surface area contributed by atoms with Crippen molar-refractivity contribution in [2.45, 2.75) is 58.4 Å². The fourth-order valence-corrected chi connectivity index (χ4v) is 4.35. The van der Waals surface area contributed by atoms with E-state index in [1.807, 2.05) is 13.8 Å². The predicted octanol–water partition coefficient (Wildman–Crippen LogP) is 4.83. The Labute approximate surface area is 165 Å². The van der Waals surface area contributed by atoms with Crippen LogP contribution in [0, 0.1) is 20.8 Å². The summed E-state index contributed by atoms with van der Waals surface area (Å²) in [6.45, 7) is 7.24. The number of rotatable bonds is 2. The van der Waals surface area contributed by atoms with Crippen molar-refractivity contribution in [3.63, 3.8) is 0 Å². The first-order valence-electron chi connectivity index (χ1n) is 9.37. The molecule has 3 aromatic rings. The zero-order valence-electron chi connectivity index (χ0n) is 16.6. The Morgan fingerprint density at radius 1 is 1.10 bits per heavy atom. The number of hydrogen-bond acceptors (Lipinski definition) is 4. The Bertz CT molecular complexity index is 1100. The summed E-state index contributed by atoms with van der Waals surface area (Å²) < 4.78 is 41.1. The maximum atomic E-state index is 13.0. The van der Waals surface area contributed by atoms with E-state index in [0.29, 0.717) is 30.2 Å². The number of fused-ring (bicyclic) bond motifs is 1. The second kappa shape index (κ2) is 6.19. The molecule has 1 aliphatic carbocycles. The van der Waals surface area contributed by atoms with Crippen LogP contribution in [-0.4, -0.2) is 30.6 Å². The number of hydrogen-bond donors (Lipinski definition) is 2. The molecule has 1 fully saturated rings. The van der Waals surface area contributed by atoms with Crippen molar-refractivity contribution in [3.8, 4) is 17.0 Å². The summed E-state index contributed by atoms with van der Waals surface area (Å²) >= 11 is 0. The number of benzene rings is 1. The highest BCUT2D eigenvalue weighted by molar-refractivity contribution is 5.86. The summed E-state index contributed by atoms with van der Waals surface area (Å²) in [4.78, 5) is 0. The minimum absolute atomic E-state index is 0.127. The number of aromatic hydroxyl groups is 1. The lowest BCUT2D eigenvalue weighted by Crippen LogP contribution is -2.42. The summed E-state index contributed by atoms with van der Waals surface area (Å²) in [6.07, 6.45) is -3.29. The van der Waals surface area contributed by atoms with Crippen molar-refractivity contribution in [3.05, 3.63) is 40.6 Å². The van der Waals surface area contributed by atoms with Crippen LogP contribution in [0.2, 0.25) is 0 Å². The van der Waals surface area contributed by atoms with Crippen LogP contribution in [0.15, 0.2) is 18.2 Å². The molecule has 0 atom stereocenters. The second-order valence-electron chi connectivity index (χ2n) is 8.29. The first kappa shape index (κ1) is 19.7. The molecular weight excluding hydrogens is 383 g/mol. The van der Waals surface area contributed by atoms with Gasteiger partial charge < -0.3 is 14.8 Å². The first-order valence-corrected chi connectivity index (χ1v) is 9.37. The molecular formula is C21H22F3N3O2. The fraction of sp³-hybridized carbons (Fsp3) is 0.429. The molecule has 0 amide bonds. The largest absolute Gasteiger partial charge is 0.507 e. The van der Waals surface area contributed by atoms with E-state index in [0.717, 1.165) is 22.7 Å². The zero-order valence-corrected chi connectivity index (χ0v) is 16.6. The third-order valence-corrected chi connectivity index (χ3v) is 5.92. The van der Waals surface area contributed by atoms with Crippen molar-refractivity contribution in [2.75, 3.05) is 0 Å². The Hall–Kier alpha value is -2.61. The maximum absolute atomic E-state index is 13.0. The highest BCUT2D eigenvalue weighted by Crippen LogP contribution is 2.45. The van der Waals surface area contributed by atoms with Crippen LogP contribution in [-0.2, 0) is 6.18 Å². The van der Waals surface area contributed by atoms with E-state index in [1.54, 1.807) is 13.0 Å². The summed E-state index contributed by atoms with van der Waals surface area (Å²) in [5.74, 6) is -0.477. The Morgan fingerprint density at radius 3 is 2.31 bits per heavy atom. The number of aromatic nitrogens is 3. The second-order valence-corrected chi connectivity index (χ2v) is 8.29. The summed E-state index contributed by atoms with van der Waals surface area (Å²) in [5, 5.41) is 29.8. The van der Waals surface area contributed by atoms with Gasteiger partial charge in [-0.2, -0.15) is 13.2 Å². The van der Waals surface area contributed by atoms with Crippen molar-refractivity contribution >= 4 is 11.0 Å². The standard InChI is InChI=1S/C21H22F3N3O2/c1-10-5-13(21(22,23)24)6-17(28)18(10)16-7-15-11(2)12(3)27(19(15)26-25-16)14-8-20(4,29)9-14/h5-7,14,28-29H,8-9H2,1-4H3. The van der Waals surface area contributed by atoms with E-state index in [4.69, 9.17) is 0 Å². The van der Waals surface area contributed by atoms with Crippen LogP contribution in [0.25, 0.3) is 22.3 Å². The van der Waals surface area contributed by atoms with Crippen LogP contribution in [0.1, 0.15) is 48.2 Å². The lowest BCUT2D eigenvalue weighted by molar-refractivity contribution is -0.137. The third kappa shape index (κ3) is 3.15. The minimum Gasteiger partial charge on any atom is -0.507 e. The highest BCUT2D eigenvalue weighted by atomic mass is 19.4. The van der Waals surface area contributed by atoms with Gasteiger partial charge in [0.1, 0.15) is 5.75 Å². The van der Waals surface area contributed by atoms with Gasteiger partial charge in [0.15, 0.2) is 5.65 Å². The summed E-state index contributed by atoms with van der Waals surface area (Å²) in [6, 6.07) is 3.60. The molecule has 0 bridgehead atoms. The van der Waals surface area contributed by atoms with Crippen molar-refractivity contribution < 1.29 is 23.4 Å². The van der Waals surface area contributed by atoms with E-state index in [9.17, 15) is 23.4 Å². The Kier molecular flexibility index (Phi) is 4.21. The van der Waals surface area contributed by atoms with Gasteiger partial charge in [-0.05, 0) is 69.9 Å². The number of nitrogens with zero attached hydrogens (tertiary/aromatic N) is 3. The van der Waals surface area contributed by atoms with Gasteiger partial charge in [0.25, 0.3) is 0 Å². The monoisotopic (exact) mass is 405 g/mol. The molecule has 29 heavy (non-hydrogen) atoms. The van der Waals surface area contributed by atoms with Crippen LogP contribution >= 0.6 is 0 Å². The number of aliphatic hydroxyl groups is 1. The molecule has 4 rings (SSSR count). The molecule has 1 saturated carbocycles. The molecule has 0 unspecified atom stereocenters. The zero-order chi connectivity index (χ0) is 21.3. The number of phenols is 1. The van der Waals surface area contributed by atoms with Gasteiger partial charge in [0.05, 0.1) is 16.9 Å². The topological polar surface area (TPSA) is 71.2 Å².